The summed E-state index contributed by atoms with van der Waals surface area (Å²) in [4.78, 5) is 8.78. The number of nitrogens with one attached hydrogen (secondary N) is 2. The van der Waals surface area contributed by atoms with E-state index in [0.29, 0.717) is 11.0 Å². The van der Waals surface area contributed by atoms with Crippen molar-refractivity contribution in [1.29, 1.82) is 0 Å². The number of hydrogen-bond donors (Lipinski definition) is 2. The highest BCUT2D eigenvalue weighted by molar-refractivity contribution is 9.10. The fourth-order valence-corrected chi connectivity index (χ4v) is 2.10. The molecule has 0 fully saturated rings. The van der Waals surface area contributed by atoms with E-state index in [1.165, 1.54) is 0 Å². The normalized spacial score (nSPS) is 10.4. The minimum atomic E-state index is 0.637. The minimum Gasteiger partial charge on any atom is -0.354 e. The van der Waals surface area contributed by atoms with Gasteiger partial charge in [0.05, 0.1) is 5.02 Å². The largest absolute Gasteiger partial charge is 0.354 e. The van der Waals surface area contributed by atoms with Gasteiger partial charge in [-0.05, 0) is 47.5 Å². The summed E-state index contributed by atoms with van der Waals surface area (Å²) in [5, 5.41) is 7.08. The van der Waals surface area contributed by atoms with Crippen LogP contribution in [-0.2, 0) is 0 Å². The predicted molar refractivity (Wildman–Crippen MR) is 88.0 cm³/mol. The van der Waals surface area contributed by atoms with Crippen molar-refractivity contribution in [2.24, 2.45) is 0 Å². The number of aromatic nitrogens is 2. The Labute approximate surface area is 132 Å². The van der Waals surface area contributed by atoms with Crippen LogP contribution in [0.5, 0.6) is 0 Å². The van der Waals surface area contributed by atoms with Crippen molar-refractivity contribution in [3.8, 4) is 0 Å². The van der Waals surface area contributed by atoms with Gasteiger partial charge in [0.25, 0.3) is 0 Å². The quantitative estimate of drug-likeness (QED) is 0.811. The lowest BCUT2D eigenvalue weighted by atomic mass is 10.3. The number of benzene rings is 1. The maximum absolute atomic E-state index is 6.08. The van der Waals surface area contributed by atoms with E-state index >= 15 is 0 Å². The summed E-state index contributed by atoms with van der Waals surface area (Å²) in [5.41, 5.74) is 1.79. The zero-order valence-corrected chi connectivity index (χ0v) is 13.7. The molecule has 1 aromatic heterocycles. The smallest absolute Gasteiger partial charge is 0.224 e. The Balaban J connectivity index is 2.19. The van der Waals surface area contributed by atoms with Crippen LogP contribution in [0.25, 0.3) is 0 Å². The highest BCUT2D eigenvalue weighted by atomic mass is 79.9. The summed E-state index contributed by atoms with van der Waals surface area (Å²) in [6, 6.07) is 7.58. The van der Waals surface area contributed by atoms with Gasteiger partial charge in [0.2, 0.25) is 5.95 Å². The monoisotopic (exact) mass is 354 g/mol. The first-order valence-corrected chi connectivity index (χ1v) is 7.57. The number of rotatable bonds is 5. The summed E-state index contributed by atoms with van der Waals surface area (Å²) < 4.78 is 0.869. The first kappa shape index (κ1) is 15.1. The molecule has 0 aliphatic rings. The summed E-state index contributed by atoms with van der Waals surface area (Å²) in [5.74, 6) is 1.38. The first-order valence-electron chi connectivity index (χ1n) is 6.40. The highest BCUT2D eigenvalue weighted by Gasteiger charge is 2.04. The van der Waals surface area contributed by atoms with E-state index in [1.54, 1.807) is 0 Å². The molecule has 6 heteroatoms. The molecule has 2 aromatic rings. The first-order chi connectivity index (χ1) is 9.58. The molecule has 1 aromatic carbocycles. The fraction of sp³-hybridized carbons (Fsp3) is 0.286. The van der Waals surface area contributed by atoms with Crippen molar-refractivity contribution in [2.45, 2.75) is 20.3 Å². The fourth-order valence-electron chi connectivity index (χ4n) is 1.67. The van der Waals surface area contributed by atoms with Crippen LogP contribution in [0, 0.1) is 6.92 Å². The van der Waals surface area contributed by atoms with Crippen LogP contribution < -0.4 is 10.6 Å². The molecule has 0 atom stereocenters. The third-order valence-electron chi connectivity index (χ3n) is 2.58. The predicted octanol–water partition coefficient (Wildman–Crippen LogP) is 4.77. The van der Waals surface area contributed by atoms with Crippen LogP contribution in [0.15, 0.2) is 28.7 Å². The Morgan fingerprint density at radius 3 is 2.75 bits per heavy atom. The lowest BCUT2D eigenvalue weighted by Crippen LogP contribution is -2.06. The molecule has 0 amide bonds. The number of halogens is 2. The number of aryl methyl sites for hydroxylation is 1. The Morgan fingerprint density at radius 2 is 2.05 bits per heavy atom. The van der Waals surface area contributed by atoms with Crippen molar-refractivity contribution in [3.63, 3.8) is 0 Å². The molecule has 4 nitrogen and oxygen atoms in total. The van der Waals surface area contributed by atoms with Crippen molar-refractivity contribution >= 4 is 45.0 Å². The summed E-state index contributed by atoms with van der Waals surface area (Å²) >= 11 is 9.45. The second-order valence-corrected chi connectivity index (χ2v) is 5.66. The van der Waals surface area contributed by atoms with E-state index in [1.807, 2.05) is 31.2 Å². The van der Waals surface area contributed by atoms with Crippen LogP contribution >= 0.6 is 27.5 Å². The van der Waals surface area contributed by atoms with Gasteiger partial charge in [-0.25, -0.2) is 4.98 Å². The average molecular weight is 356 g/mol. The Kier molecular flexibility index (Phi) is 5.20. The van der Waals surface area contributed by atoms with Crippen molar-refractivity contribution in [1.82, 2.24) is 9.97 Å². The second kappa shape index (κ2) is 6.90. The van der Waals surface area contributed by atoms with Gasteiger partial charge in [0.1, 0.15) is 5.82 Å². The second-order valence-electron chi connectivity index (χ2n) is 4.40. The zero-order chi connectivity index (χ0) is 14.5. The molecule has 0 aliphatic heterocycles. The number of nitrogens with zero attached hydrogens (tertiary/aromatic N) is 2. The summed E-state index contributed by atoms with van der Waals surface area (Å²) in [6.45, 7) is 4.90. The van der Waals surface area contributed by atoms with Crippen LogP contribution in [-0.4, -0.2) is 16.5 Å². The maximum Gasteiger partial charge on any atom is 0.224 e. The zero-order valence-electron chi connectivity index (χ0n) is 11.4. The van der Waals surface area contributed by atoms with Gasteiger partial charge >= 0.3 is 0 Å². The van der Waals surface area contributed by atoms with Crippen LogP contribution in [0.4, 0.5) is 17.5 Å². The standard InChI is InChI=1S/C14H16BrClN4/c1-3-6-17-14-18-9(2)7-13(20-14)19-10-4-5-11(15)12(16)8-10/h4-5,7-8H,3,6H2,1-2H3,(H2,17,18,19,20). The van der Waals surface area contributed by atoms with Gasteiger partial charge in [0, 0.05) is 28.5 Å². The lowest BCUT2D eigenvalue weighted by molar-refractivity contribution is 0.947. The molecule has 0 bridgehead atoms. The molecule has 0 unspecified atom stereocenters. The van der Waals surface area contributed by atoms with Crippen LogP contribution in [0.2, 0.25) is 5.02 Å². The van der Waals surface area contributed by atoms with E-state index in [0.717, 1.165) is 34.6 Å². The molecule has 0 aliphatic carbocycles. The molecule has 0 saturated carbocycles. The molecule has 106 valence electrons. The molecule has 20 heavy (non-hydrogen) atoms. The van der Waals surface area contributed by atoms with Crippen molar-refractivity contribution in [2.75, 3.05) is 17.2 Å². The Bertz CT molecular complexity index is 604. The average Bonchev–Trinajstić information content (AvgIpc) is 2.40. The summed E-state index contributed by atoms with van der Waals surface area (Å²) in [6.07, 6.45) is 1.03. The van der Waals surface area contributed by atoms with Gasteiger partial charge in [0.15, 0.2) is 0 Å². The van der Waals surface area contributed by atoms with Gasteiger partial charge < -0.3 is 10.6 Å². The Hall–Kier alpha value is -1.33. The molecular weight excluding hydrogens is 340 g/mol. The number of hydrogen-bond acceptors (Lipinski definition) is 4. The molecule has 0 saturated heterocycles. The highest BCUT2D eigenvalue weighted by Crippen LogP contribution is 2.27. The molecule has 2 N–H and O–H groups in total. The minimum absolute atomic E-state index is 0.637. The molecular formula is C14H16BrClN4. The van der Waals surface area contributed by atoms with Crippen molar-refractivity contribution < 1.29 is 0 Å². The molecule has 2 rings (SSSR count). The van der Waals surface area contributed by atoms with Crippen LogP contribution in [0.1, 0.15) is 19.0 Å². The lowest BCUT2D eigenvalue weighted by Gasteiger charge is -2.10. The topological polar surface area (TPSA) is 49.8 Å². The van der Waals surface area contributed by atoms with Crippen LogP contribution in [0.3, 0.4) is 0 Å². The molecule has 1 heterocycles. The molecule has 0 spiro atoms. The van der Waals surface area contributed by atoms with E-state index in [-0.39, 0.29) is 0 Å². The third kappa shape index (κ3) is 4.08. The van der Waals surface area contributed by atoms with E-state index in [9.17, 15) is 0 Å². The van der Waals surface area contributed by atoms with E-state index < -0.39 is 0 Å². The van der Waals surface area contributed by atoms with Gasteiger partial charge in [-0.3, -0.25) is 0 Å². The summed E-state index contributed by atoms with van der Waals surface area (Å²) in [7, 11) is 0. The number of anilines is 3. The molecule has 0 radical (unpaired) electrons. The van der Waals surface area contributed by atoms with Gasteiger partial charge in [-0.2, -0.15) is 4.98 Å². The third-order valence-corrected chi connectivity index (χ3v) is 3.81. The SMILES string of the molecule is CCCNc1nc(C)cc(Nc2ccc(Br)c(Cl)c2)n1. The van der Waals surface area contributed by atoms with E-state index in [4.69, 9.17) is 11.6 Å². The Morgan fingerprint density at radius 1 is 1.25 bits per heavy atom. The maximum atomic E-state index is 6.08. The van der Waals surface area contributed by atoms with Gasteiger partial charge in [-0.15, -0.1) is 0 Å². The van der Waals surface area contributed by atoms with E-state index in [2.05, 4.69) is 43.5 Å². The van der Waals surface area contributed by atoms with Crippen molar-refractivity contribution in [3.05, 3.63) is 39.5 Å². The van der Waals surface area contributed by atoms with Gasteiger partial charge in [-0.1, -0.05) is 18.5 Å².